The lowest BCUT2D eigenvalue weighted by Gasteiger charge is -2.67. The lowest BCUT2D eigenvalue weighted by Crippen LogP contribution is -2.74. The van der Waals surface area contributed by atoms with Gasteiger partial charge in [0.2, 0.25) is 6.79 Å². The molecular weight excluding hydrogens is 586 g/mol. The summed E-state index contributed by atoms with van der Waals surface area (Å²) in [7, 11) is 1.59. The zero-order valence-corrected chi connectivity index (χ0v) is 26.4. The average Bonchev–Trinajstić information content (AvgIpc) is 3.53. The van der Waals surface area contributed by atoms with Gasteiger partial charge < -0.3 is 34.5 Å². The fourth-order valence-electron chi connectivity index (χ4n) is 9.16. The van der Waals surface area contributed by atoms with Crippen molar-refractivity contribution in [2.75, 3.05) is 26.3 Å². The second-order valence-corrected chi connectivity index (χ2v) is 14.2. The van der Waals surface area contributed by atoms with Crippen LogP contribution in [0.25, 0.3) is 0 Å². The number of hydrogen-bond acceptors (Lipinski definition) is 12. The van der Waals surface area contributed by atoms with Crippen LogP contribution in [0, 0.1) is 13.8 Å². The number of ether oxygens (including phenoxy) is 5. The number of hydrogen-bond donors (Lipinski definition) is 2. The molecule has 0 amide bonds. The number of methoxy groups -OCH3 is 1. The third-order valence-electron chi connectivity index (χ3n) is 10.8. The average molecular weight is 624 g/mol. The maximum atomic E-state index is 13.0. The molecule has 0 saturated carbocycles. The van der Waals surface area contributed by atoms with Crippen molar-refractivity contribution in [2.45, 2.75) is 88.1 Å². The number of aryl methyl sites for hydroxylation is 1. The van der Waals surface area contributed by atoms with Crippen molar-refractivity contribution in [2.24, 2.45) is 5.73 Å². The fraction of sp³-hybridized carbons (Fsp3) is 0.562. The van der Waals surface area contributed by atoms with Gasteiger partial charge in [-0.05, 0) is 51.3 Å². The molecular formula is C32H37N3O8S. The normalized spacial score (nSPS) is 34.7. The highest BCUT2D eigenvalue weighted by Crippen LogP contribution is 2.70. The molecule has 0 spiro atoms. The van der Waals surface area contributed by atoms with Crippen molar-refractivity contribution in [3.63, 3.8) is 0 Å². The number of esters is 2. The number of benzene rings is 2. The molecule has 6 heterocycles. The molecule has 0 radical (unpaired) electrons. The van der Waals surface area contributed by atoms with Crippen molar-refractivity contribution in [3.8, 4) is 28.7 Å². The second-order valence-electron chi connectivity index (χ2n) is 13.1. The molecule has 0 aromatic heterocycles. The number of piperazine rings is 1. The number of fused-ring (bicyclic) bond motifs is 8. The molecule has 3 fully saturated rings. The maximum Gasteiger partial charge on any atom is 0.323 e. The number of carbonyl (C=O) groups excluding carboxylic acids is 2. The Kier molecular flexibility index (Phi) is 6.05. The SMILES string of the molecule is COc1c(C)cc2c(c1O)[C@@H]1[C@@H]3[C@@H]4SC[C@H](N)C(=O)OC[C@@H](c5c6c(c(C)c(OC(C)=O)c54)OCO6)N3[C@@H](C)[C@@H]3CC2(C)N13. The lowest BCUT2D eigenvalue weighted by atomic mass is 9.70. The minimum absolute atomic E-state index is 0.0398. The van der Waals surface area contributed by atoms with Crippen LogP contribution in [0.4, 0.5) is 0 Å². The molecule has 234 valence electrons. The van der Waals surface area contributed by atoms with Crippen LogP contribution in [-0.2, 0) is 19.9 Å². The lowest BCUT2D eigenvalue weighted by molar-refractivity contribution is -0.194. The van der Waals surface area contributed by atoms with E-state index in [1.54, 1.807) is 18.9 Å². The Balaban J connectivity index is 1.43. The Hall–Kier alpha value is -3.19. The van der Waals surface area contributed by atoms with Gasteiger partial charge in [-0.2, -0.15) is 0 Å². The zero-order valence-electron chi connectivity index (χ0n) is 25.6. The third kappa shape index (κ3) is 3.40. The molecule has 11 nitrogen and oxygen atoms in total. The first kappa shape index (κ1) is 28.3. The summed E-state index contributed by atoms with van der Waals surface area (Å²) in [5.41, 5.74) is 11.3. The first-order chi connectivity index (χ1) is 21.0. The largest absolute Gasteiger partial charge is 0.504 e. The fourth-order valence-corrected chi connectivity index (χ4v) is 10.6. The van der Waals surface area contributed by atoms with Crippen molar-refractivity contribution in [1.29, 1.82) is 0 Å². The summed E-state index contributed by atoms with van der Waals surface area (Å²) < 4.78 is 29.8. The molecule has 2 aromatic rings. The summed E-state index contributed by atoms with van der Waals surface area (Å²) in [6.45, 7) is 9.82. The van der Waals surface area contributed by atoms with E-state index in [9.17, 15) is 14.7 Å². The summed E-state index contributed by atoms with van der Waals surface area (Å²) in [5, 5.41) is 11.6. The summed E-state index contributed by atoms with van der Waals surface area (Å²) in [5.74, 6) is 1.64. The molecule has 12 heteroatoms. The first-order valence-electron chi connectivity index (χ1n) is 15.1. The molecule has 1 unspecified atom stereocenters. The molecule has 2 aromatic carbocycles. The highest BCUT2D eigenvalue weighted by Gasteiger charge is 2.69. The number of nitrogens with zero attached hydrogens (tertiary/aromatic N) is 2. The van der Waals surface area contributed by atoms with Gasteiger partial charge in [0.05, 0.1) is 24.4 Å². The summed E-state index contributed by atoms with van der Waals surface area (Å²) in [6, 6.07) is 0.747. The van der Waals surface area contributed by atoms with Crippen LogP contribution in [0.2, 0.25) is 0 Å². The molecule has 2 bridgehead atoms. The van der Waals surface area contributed by atoms with Gasteiger partial charge in [-0.1, -0.05) is 0 Å². The predicted molar refractivity (Wildman–Crippen MR) is 160 cm³/mol. The van der Waals surface area contributed by atoms with Gasteiger partial charge in [-0.25, -0.2) is 0 Å². The number of rotatable bonds is 2. The van der Waals surface area contributed by atoms with Crippen molar-refractivity contribution in [3.05, 3.63) is 39.4 Å². The predicted octanol–water partition coefficient (Wildman–Crippen LogP) is 3.50. The molecule has 6 aliphatic heterocycles. The van der Waals surface area contributed by atoms with Crippen LogP contribution in [0.5, 0.6) is 28.7 Å². The number of thioether (sulfide) groups is 1. The molecule has 8 rings (SSSR count). The highest BCUT2D eigenvalue weighted by atomic mass is 32.2. The Labute approximate surface area is 259 Å². The van der Waals surface area contributed by atoms with Gasteiger partial charge in [0.15, 0.2) is 23.0 Å². The van der Waals surface area contributed by atoms with Crippen LogP contribution in [0.3, 0.4) is 0 Å². The van der Waals surface area contributed by atoms with E-state index in [2.05, 4.69) is 29.7 Å². The molecule has 3 N–H and O–H groups in total. The molecule has 0 aliphatic carbocycles. The quantitative estimate of drug-likeness (QED) is 0.375. The molecule has 3 saturated heterocycles. The standard InChI is InChI=1S/C32H37N3O8S/c1-12-7-16-20(25(37)26(12)39-6)23-24-30-22-21(29-28(41-11-42-29)13(2)27(22)43-15(4)36)19(9-40-31(38)17(33)10-44-30)34(24)14(3)18-8-32(16,5)35(18)23/h7,14,17-19,23-24,30,37H,8-11,33H2,1-6H3/t14-,17-,18-,19-,23+,24+,30+,32?/m0/s1. The number of aromatic hydroxyl groups is 1. The summed E-state index contributed by atoms with van der Waals surface area (Å²) >= 11 is 1.56. The van der Waals surface area contributed by atoms with Gasteiger partial charge in [0.1, 0.15) is 18.4 Å². The van der Waals surface area contributed by atoms with E-state index in [1.807, 2.05) is 13.8 Å². The molecule has 8 atom stereocenters. The Morgan fingerprint density at radius 2 is 1.91 bits per heavy atom. The number of phenols is 1. The van der Waals surface area contributed by atoms with Gasteiger partial charge >= 0.3 is 11.9 Å². The minimum Gasteiger partial charge on any atom is -0.504 e. The monoisotopic (exact) mass is 623 g/mol. The topological polar surface area (TPSA) is 133 Å². The van der Waals surface area contributed by atoms with Crippen LogP contribution < -0.4 is 24.7 Å². The van der Waals surface area contributed by atoms with Crippen LogP contribution in [-0.4, -0.2) is 77.3 Å². The van der Waals surface area contributed by atoms with E-state index < -0.39 is 24.0 Å². The van der Waals surface area contributed by atoms with E-state index in [0.29, 0.717) is 34.3 Å². The number of carbonyl (C=O) groups is 2. The van der Waals surface area contributed by atoms with Crippen molar-refractivity contribution in [1.82, 2.24) is 9.80 Å². The minimum atomic E-state index is -0.821. The first-order valence-corrected chi connectivity index (χ1v) is 16.2. The molecule has 44 heavy (non-hydrogen) atoms. The maximum absolute atomic E-state index is 13.0. The number of nitrogens with two attached hydrogens (primary N) is 1. The van der Waals surface area contributed by atoms with Crippen LogP contribution >= 0.6 is 11.8 Å². The Morgan fingerprint density at radius 3 is 2.64 bits per heavy atom. The zero-order chi connectivity index (χ0) is 31.0. The number of cyclic esters (lactones) is 1. The second kappa shape index (κ2) is 9.41. The molecule has 6 aliphatic rings. The summed E-state index contributed by atoms with van der Waals surface area (Å²) in [6.07, 6.45) is 0.915. The van der Waals surface area contributed by atoms with E-state index in [1.165, 1.54) is 6.92 Å². The Morgan fingerprint density at radius 1 is 1.16 bits per heavy atom. The van der Waals surface area contributed by atoms with Gasteiger partial charge in [-0.15, -0.1) is 11.8 Å². The van der Waals surface area contributed by atoms with Gasteiger partial charge in [-0.3, -0.25) is 19.4 Å². The highest BCUT2D eigenvalue weighted by molar-refractivity contribution is 7.99. The van der Waals surface area contributed by atoms with E-state index in [-0.39, 0.29) is 54.1 Å². The van der Waals surface area contributed by atoms with Gasteiger partial charge in [0, 0.05) is 58.6 Å². The van der Waals surface area contributed by atoms with Crippen molar-refractivity contribution < 1.29 is 38.4 Å². The Bertz CT molecular complexity index is 1650. The van der Waals surface area contributed by atoms with Crippen LogP contribution in [0.15, 0.2) is 6.07 Å². The smallest absolute Gasteiger partial charge is 0.323 e. The van der Waals surface area contributed by atoms with E-state index in [0.717, 1.165) is 34.2 Å². The van der Waals surface area contributed by atoms with Crippen LogP contribution in [0.1, 0.15) is 77.9 Å². The number of phenolic OH excluding ortho intramolecular Hbond substituents is 1. The van der Waals surface area contributed by atoms with E-state index >= 15 is 0 Å². The van der Waals surface area contributed by atoms with Crippen molar-refractivity contribution >= 4 is 23.7 Å². The summed E-state index contributed by atoms with van der Waals surface area (Å²) in [4.78, 5) is 30.6. The van der Waals surface area contributed by atoms with E-state index in [4.69, 9.17) is 29.4 Å². The third-order valence-corrected chi connectivity index (χ3v) is 12.3. The van der Waals surface area contributed by atoms with Gasteiger partial charge in [0.25, 0.3) is 0 Å².